The van der Waals surface area contributed by atoms with Crippen LogP contribution in [0, 0.1) is 11.2 Å². The maximum absolute atomic E-state index is 16.1. The van der Waals surface area contributed by atoms with Crippen LogP contribution in [-0.4, -0.2) is 58.8 Å². The van der Waals surface area contributed by atoms with E-state index < -0.39 is 41.1 Å². The Morgan fingerprint density at radius 1 is 1.10 bits per heavy atom. The average molecular weight is 621 g/mol. The molecule has 1 saturated carbocycles. The molecule has 1 amide bonds. The maximum Gasteiger partial charge on any atom is 0.237 e. The molecule has 2 aromatic rings. The van der Waals surface area contributed by atoms with Crippen molar-refractivity contribution < 1.29 is 24.1 Å². The van der Waals surface area contributed by atoms with Crippen LogP contribution >= 0.6 is 23.2 Å². The predicted molar refractivity (Wildman–Crippen MR) is 161 cm³/mol. The fourth-order valence-electron chi connectivity index (χ4n) is 8.14. The Bertz CT molecular complexity index is 1360. The van der Waals surface area contributed by atoms with Gasteiger partial charge in [-0.3, -0.25) is 10.1 Å². The zero-order valence-electron chi connectivity index (χ0n) is 24.2. The Labute approximate surface area is 256 Å². The number of carbonyl (C=O) groups is 1. The van der Waals surface area contributed by atoms with Crippen LogP contribution in [0.5, 0.6) is 0 Å². The molecule has 2 aromatic carbocycles. The van der Waals surface area contributed by atoms with E-state index in [1.54, 1.807) is 31.2 Å². The first-order chi connectivity index (χ1) is 19.9. The summed E-state index contributed by atoms with van der Waals surface area (Å²) in [5.74, 6) is -1.62. The van der Waals surface area contributed by atoms with Gasteiger partial charge in [-0.25, -0.2) is 4.39 Å². The van der Waals surface area contributed by atoms with Crippen molar-refractivity contribution in [2.45, 2.75) is 107 Å². The highest BCUT2D eigenvalue weighted by atomic mass is 35.5. The molecule has 2 saturated heterocycles. The molecule has 3 aliphatic heterocycles. The summed E-state index contributed by atoms with van der Waals surface area (Å²) in [6, 6.07) is 9.35. The highest BCUT2D eigenvalue weighted by molar-refractivity contribution is 6.31. The molecular formula is C32H40Cl2FN3O4. The number of hydrogen-bond donors (Lipinski definition) is 5. The third-order valence-electron chi connectivity index (χ3n) is 10.4. The Morgan fingerprint density at radius 2 is 1.83 bits per heavy atom. The first kappa shape index (κ1) is 30.3. The van der Waals surface area contributed by atoms with Gasteiger partial charge in [0.2, 0.25) is 5.91 Å². The quantitative estimate of drug-likeness (QED) is 0.293. The molecule has 1 unspecified atom stereocenters. The number of fused-ring (bicyclic) bond motifs is 3. The fourth-order valence-corrected chi connectivity index (χ4v) is 8.50. The van der Waals surface area contributed by atoms with Gasteiger partial charge in [-0.2, -0.15) is 0 Å². The van der Waals surface area contributed by atoms with E-state index >= 15 is 4.39 Å². The van der Waals surface area contributed by atoms with Crippen LogP contribution in [0.2, 0.25) is 10.0 Å². The summed E-state index contributed by atoms with van der Waals surface area (Å²) in [7, 11) is 0. The second kappa shape index (κ2) is 11.0. The zero-order chi connectivity index (χ0) is 30.0. The number of carbonyl (C=O) groups excluding carboxylic acids is 1. The molecule has 2 spiro atoms. The summed E-state index contributed by atoms with van der Waals surface area (Å²) in [6.45, 7) is 6.49. The summed E-state index contributed by atoms with van der Waals surface area (Å²) >= 11 is 12.7. The smallest absolute Gasteiger partial charge is 0.237 e. The van der Waals surface area contributed by atoms with E-state index in [2.05, 4.69) is 29.8 Å². The molecule has 10 heteroatoms. The van der Waals surface area contributed by atoms with E-state index in [1.807, 2.05) is 6.07 Å². The Hall–Kier alpha value is -1.78. The molecule has 1 aliphatic carbocycles. The first-order valence-corrected chi connectivity index (χ1v) is 15.7. The number of aliphatic hydroxyl groups excluding tert-OH is 2. The number of ether oxygens (including phenoxy) is 1. The molecule has 42 heavy (non-hydrogen) atoms. The van der Waals surface area contributed by atoms with Gasteiger partial charge in [0.1, 0.15) is 17.5 Å². The topological polar surface area (TPSA) is 103 Å². The van der Waals surface area contributed by atoms with E-state index in [-0.39, 0.29) is 34.1 Å². The van der Waals surface area contributed by atoms with Crippen LogP contribution in [0.1, 0.15) is 76.3 Å². The Morgan fingerprint density at radius 3 is 2.50 bits per heavy atom. The van der Waals surface area contributed by atoms with Crippen LogP contribution in [-0.2, 0) is 14.9 Å². The van der Waals surface area contributed by atoms with Crippen molar-refractivity contribution in [3.8, 4) is 0 Å². The van der Waals surface area contributed by atoms with Crippen molar-refractivity contribution >= 4 is 34.8 Å². The molecule has 7 nitrogen and oxygen atoms in total. The molecule has 228 valence electrons. The molecule has 0 bridgehead atoms. The van der Waals surface area contributed by atoms with Crippen molar-refractivity contribution in [3.05, 3.63) is 63.4 Å². The monoisotopic (exact) mass is 619 g/mol. The summed E-state index contributed by atoms with van der Waals surface area (Å²) < 4.78 is 22.0. The Balaban J connectivity index is 1.48. The van der Waals surface area contributed by atoms with Gasteiger partial charge < -0.3 is 25.6 Å². The van der Waals surface area contributed by atoms with Gasteiger partial charge in [0, 0.05) is 28.2 Å². The molecule has 4 aliphatic rings. The van der Waals surface area contributed by atoms with Gasteiger partial charge in [-0.15, -0.1) is 0 Å². The summed E-state index contributed by atoms with van der Waals surface area (Å²) in [4.78, 5) is 14.5. The molecule has 0 radical (unpaired) electrons. The van der Waals surface area contributed by atoms with Crippen molar-refractivity contribution in [1.29, 1.82) is 0 Å². The average Bonchev–Trinajstić information content (AvgIpc) is 3.40. The van der Waals surface area contributed by atoms with Crippen molar-refractivity contribution in [2.24, 2.45) is 5.41 Å². The normalized spacial score (nSPS) is 33.0. The van der Waals surface area contributed by atoms with Crippen molar-refractivity contribution in [2.75, 3.05) is 11.9 Å². The minimum absolute atomic E-state index is 0.0332. The van der Waals surface area contributed by atoms with Gasteiger partial charge in [-0.05, 0) is 80.2 Å². The maximum atomic E-state index is 16.1. The van der Waals surface area contributed by atoms with Crippen LogP contribution in [0.3, 0.4) is 0 Å². The standard InChI is InChI=1S/C32H40Cl2FN3O4/c1-17(39)24-10-8-19(16-42-24)36-28(40)27-25(20-5-4-6-22(34)26(20)35)32(31(38-27)13-11-30(2,3)12-14-31)21-9-7-18(33)15-23(21)37-29(32)41/h4-7,9,15,17,19,24-25,27-28,36,38-40H,8,10-14,16H2,1-3H3,(H,37,41)/t17-,19-,24+,25+,27-,28?,32-/m1/s1. The van der Waals surface area contributed by atoms with Gasteiger partial charge in [0.15, 0.2) is 0 Å². The number of halogens is 3. The van der Waals surface area contributed by atoms with Gasteiger partial charge in [-0.1, -0.05) is 55.2 Å². The Kier molecular flexibility index (Phi) is 7.91. The number of hydrogen-bond acceptors (Lipinski definition) is 6. The SMILES string of the molecule is C[C@@H](O)[C@@H]1CC[C@@H](NC(O)[C@@H]2NC3(CCC(C)(C)CC3)[C@@]3(C(=O)Nc4cc(Cl)ccc43)[C@H]2c2cccc(Cl)c2F)CO1. The second-order valence-corrected chi connectivity index (χ2v) is 14.3. The third-order valence-corrected chi connectivity index (χ3v) is 10.9. The third kappa shape index (κ3) is 4.78. The zero-order valence-corrected chi connectivity index (χ0v) is 25.7. The van der Waals surface area contributed by atoms with Crippen LogP contribution in [0.25, 0.3) is 0 Å². The van der Waals surface area contributed by atoms with E-state index in [0.717, 1.165) is 18.4 Å². The second-order valence-electron chi connectivity index (χ2n) is 13.5. The summed E-state index contributed by atoms with van der Waals surface area (Å²) in [6.07, 6.45) is 2.42. The van der Waals surface area contributed by atoms with Gasteiger partial charge >= 0.3 is 0 Å². The summed E-state index contributed by atoms with van der Waals surface area (Å²) in [5, 5.41) is 32.5. The largest absolute Gasteiger partial charge is 0.391 e. The lowest BCUT2D eigenvalue weighted by molar-refractivity contribution is -0.124. The lowest BCUT2D eigenvalue weighted by Crippen LogP contribution is -2.61. The molecule has 6 rings (SSSR count). The highest BCUT2D eigenvalue weighted by Crippen LogP contribution is 2.64. The lowest BCUT2D eigenvalue weighted by Gasteiger charge is -2.50. The number of rotatable bonds is 5. The predicted octanol–water partition coefficient (Wildman–Crippen LogP) is 5.25. The van der Waals surface area contributed by atoms with Crippen LogP contribution in [0.15, 0.2) is 36.4 Å². The molecular weight excluding hydrogens is 580 g/mol. The fraction of sp³-hybridized carbons (Fsp3) is 0.594. The highest BCUT2D eigenvalue weighted by Gasteiger charge is 2.72. The van der Waals surface area contributed by atoms with Crippen LogP contribution < -0.4 is 16.0 Å². The number of anilines is 1. The number of benzene rings is 2. The summed E-state index contributed by atoms with van der Waals surface area (Å²) in [5.41, 5.74) is -0.267. The number of amides is 1. The van der Waals surface area contributed by atoms with Crippen molar-refractivity contribution in [3.63, 3.8) is 0 Å². The van der Waals surface area contributed by atoms with Crippen LogP contribution in [0.4, 0.5) is 10.1 Å². The minimum Gasteiger partial charge on any atom is -0.391 e. The van der Waals surface area contributed by atoms with E-state index in [0.29, 0.717) is 43.0 Å². The van der Waals surface area contributed by atoms with Gasteiger partial charge in [0.25, 0.3) is 0 Å². The molecule has 5 N–H and O–H groups in total. The first-order valence-electron chi connectivity index (χ1n) is 15.0. The van der Waals surface area contributed by atoms with E-state index in [1.165, 1.54) is 6.07 Å². The molecule has 3 heterocycles. The van der Waals surface area contributed by atoms with Crippen molar-refractivity contribution in [1.82, 2.24) is 10.6 Å². The molecule has 0 aromatic heterocycles. The van der Waals surface area contributed by atoms with Gasteiger partial charge in [0.05, 0.1) is 29.9 Å². The van der Waals surface area contributed by atoms with E-state index in [9.17, 15) is 15.0 Å². The number of nitrogens with one attached hydrogen (secondary N) is 3. The van der Waals surface area contributed by atoms with E-state index in [4.69, 9.17) is 27.9 Å². The molecule has 3 fully saturated rings. The minimum atomic E-state index is -1.23. The lowest BCUT2D eigenvalue weighted by atomic mass is 9.53. The number of aliphatic hydroxyl groups is 2. The molecule has 7 atom stereocenters.